The Labute approximate surface area is 116 Å². The van der Waals surface area contributed by atoms with Crippen molar-refractivity contribution in [3.63, 3.8) is 0 Å². The van der Waals surface area contributed by atoms with Gasteiger partial charge in [0.2, 0.25) is 0 Å². The molecule has 1 atom stereocenters. The lowest BCUT2D eigenvalue weighted by molar-refractivity contribution is 0.475. The first-order valence-electron chi connectivity index (χ1n) is 6.46. The fourth-order valence-corrected chi connectivity index (χ4v) is 2.51. The number of anilines is 1. The topological polar surface area (TPSA) is 75.1 Å². The van der Waals surface area contributed by atoms with E-state index < -0.39 is 0 Å². The zero-order valence-corrected chi connectivity index (χ0v) is 11.8. The first-order chi connectivity index (χ1) is 9.15. The van der Waals surface area contributed by atoms with Crippen LogP contribution in [0.1, 0.15) is 26.7 Å². The van der Waals surface area contributed by atoms with Gasteiger partial charge in [0.25, 0.3) is 0 Å². The summed E-state index contributed by atoms with van der Waals surface area (Å²) in [4.78, 5) is 15.4. The number of halogens is 1. The number of nitrogens with zero attached hydrogens (tertiary/aromatic N) is 3. The minimum atomic E-state index is -0.290. The highest BCUT2D eigenvalue weighted by Gasteiger charge is 2.15. The molecule has 0 amide bonds. The van der Waals surface area contributed by atoms with Crippen LogP contribution in [-0.4, -0.2) is 31.5 Å². The number of nitrogens with one attached hydrogen (secondary N) is 2. The number of fused-ring (bicyclic) bond motifs is 1. The van der Waals surface area contributed by atoms with Crippen molar-refractivity contribution in [1.29, 1.82) is 0 Å². The van der Waals surface area contributed by atoms with Crippen LogP contribution in [0, 0.1) is 5.92 Å². The maximum Gasteiger partial charge on any atom is 0.348 e. The van der Waals surface area contributed by atoms with Crippen LogP contribution in [-0.2, 0) is 0 Å². The van der Waals surface area contributed by atoms with E-state index in [4.69, 9.17) is 11.6 Å². The predicted molar refractivity (Wildman–Crippen MR) is 75.8 cm³/mol. The summed E-state index contributed by atoms with van der Waals surface area (Å²) in [5.74, 6) is 1.16. The highest BCUT2D eigenvalue weighted by molar-refractivity contribution is 6.21. The van der Waals surface area contributed by atoms with Gasteiger partial charge in [0, 0.05) is 12.6 Å². The van der Waals surface area contributed by atoms with Crippen molar-refractivity contribution in [2.75, 3.05) is 11.9 Å². The van der Waals surface area contributed by atoms with Gasteiger partial charge in [-0.3, -0.25) is 0 Å². The molecule has 2 aromatic heterocycles. The van der Waals surface area contributed by atoms with Crippen molar-refractivity contribution < 1.29 is 0 Å². The Hall–Kier alpha value is -1.56. The Bertz CT molecular complexity index is 589. The minimum Gasteiger partial charge on any atom is -0.368 e. The third-order valence-electron chi connectivity index (χ3n) is 3.35. The molecule has 104 valence electrons. The largest absolute Gasteiger partial charge is 0.368 e. The maximum absolute atomic E-state index is 11.3. The second-order valence-electron chi connectivity index (χ2n) is 4.50. The van der Waals surface area contributed by atoms with Crippen molar-refractivity contribution in [3.05, 3.63) is 22.9 Å². The summed E-state index contributed by atoms with van der Waals surface area (Å²) in [7, 11) is 0. The van der Waals surface area contributed by atoms with Gasteiger partial charge in [0.15, 0.2) is 5.65 Å². The minimum absolute atomic E-state index is 0.0643. The molecule has 0 bridgehead atoms. The summed E-state index contributed by atoms with van der Waals surface area (Å²) in [5, 5.41) is 9.50. The van der Waals surface area contributed by atoms with Crippen LogP contribution in [0.2, 0.25) is 0 Å². The molecule has 2 N–H and O–H groups in total. The molecule has 2 heterocycles. The van der Waals surface area contributed by atoms with E-state index in [2.05, 4.69) is 34.3 Å². The first kappa shape index (κ1) is 13.9. The molecule has 19 heavy (non-hydrogen) atoms. The molecule has 1 unspecified atom stereocenters. The number of aromatic nitrogens is 4. The summed E-state index contributed by atoms with van der Waals surface area (Å²) < 4.78 is 1.35. The summed E-state index contributed by atoms with van der Waals surface area (Å²) >= 11 is 6.35. The van der Waals surface area contributed by atoms with Crippen LogP contribution < -0.4 is 11.0 Å². The quantitative estimate of drug-likeness (QED) is 0.794. The molecule has 0 aliphatic carbocycles. The summed E-state index contributed by atoms with van der Waals surface area (Å²) in [6.07, 6.45) is 3.57. The Morgan fingerprint density at radius 1 is 1.47 bits per heavy atom. The Morgan fingerprint density at radius 3 is 2.89 bits per heavy atom. The van der Waals surface area contributed by atoms with Gasteiger partial charge >= 0.3 is 5.69 Å². The number of alkyl halides is 1. The second kappa shape index (κ2) is 6.06. The van der Waals surface area contributed by atoms with Gasteiger partial charge in [0.05, 0.1) is 5.38 Å². The van der Waals surface area contributed by atoms with E-state index >= 15 is 0 Å². The van der Waals surface area contributed by atoms with Crippen LogP contribution in [0.3, 0.4) is 0 Å². The lowest BCUT2D eigenvalue weighted by Crippen LogP contribution is -2.23. The summed E-state index contributed by atoms with van der Waals surface area (Å²) in [6.45, 7) is 4.93. The molecule has 0 aliphatic rings. The molecule has 7 heteroatoms. The molecule has 6 nitrogen and oxygen atoms in total. The normalized spacial score (nSPS) is 13.1. The van der Waals surface area contributed by atoms with E-state index in [-0.39, 0.29) is 11.1 Å². The molecule has 2 rings (SSSR count). The molecule has 0 spiro atoms. The van der Waals surface area contributed by atoms with Gasteiger partial charge in [-0.05, 0) is 5.92 Å². The average Bonchev–Trinajstić information content (AvgIpc) is 2.79. The molecular weight excluding hydrogens is 266 g/mol. The smallest absolute Gasteiger partial charge is 0.348 e. The summed E-state index contributed by atoms with van der Waals surface area (Å²) in [6, 6.07) is 1.72. The van der Waals surface area contributed by atoms with E-state index in [0.29, 0.717) is 23.9 Å². The zero-order chi connectivity index (χ0) is 13.8. The van der Waals surface area contributed by atoms with Crippen molar-refractivity contribution in [2.45, 2.75) is 32.1 Å². The maximum atomic E-state index is 11.3. The highest BCUT2D eigenvalue weighted by atomic mass is 35.5. The fourth-order valence-electron chi connectivity index (χ4n) is 2.08. The number of hydrogen-bond acceptors (Lipinski definition) is 4. The molecule has 2 aromatic rings. The van der Waals surface area contributed by atoms with Crippen molar-refractivity contribution in [2.24, 2.45) is 5.92 Å². The van der Waals surface area contributed by atoms with Gasteiger partial charge in [0.1, 0.15) is 12.1 Å². The van der Waals surface area contributed by atoms with Crippen LogP contribution >= 0.6 is 11.6 Å². The van der Waals surface area contributed by atoms with Crippen LogP contribution in [0.4, 0.5) is 5.82 Å². The molecule has 0 radical (unpaired) electrons. The molecule has 0 saturated carbocycles. The molecular formula is C12H18ClN5O. The van der Waals surface area contributed by atoms with Crippen molar-refractivity contribution >= 4 is 23.1 Å². The fraction of sp³-hybridized carbons (Fsp3) is 0.583. The van der Waals surface area contributed by atoms with Gasteiger partial charge in [-0.1, -0.05) is 26.7 Å². The summed E-state index contributed by atoms with van der Waals surface area (Å²) in [5.41, 5.74) is 0.248. The van der Waals surface area contributed by atoms with Crippen LogP contribution in [0.15, 0.2) is 17.2 Å². The van der Waals surface area contributed by atoms with E-state index in [9.17, 15) is 4.79 Å². The lowest BCUT2D eigenvalue weighted by Gasteiger charge is -2.19. The predicted octanol–water partition coefficient (Wildman–Crippen LogP) is 1.87. The molecule has 0 aliphatic heterocycles. The second-order valence-corrected chi connectivity index (χ2v) is 5.07. The lowest BCUT2D eigenvalue weighted by atomic mass is 9.99. The van der Waals surface area contributed by atoms with E-state index in [1.165, 1.54) is 10.7 Å². The van der Waals surface area contributed by atoms with E-state index in [1.54, 1.807) is 6.07 Å². The number of rotatable bonds is 6. The van der Waals surface area contributed by atoms with Crippen molar-refractivity contribution in [3.8, 4) is 0 Å². The first-order valence-corrected chi connectivity index (χ1v) is 6.90. The van der Waals surface area contributed by atoms with Crippen LogP contribution in [0.25, 0.3) is 5.65 Å². The molecule has 0 aromatic carbocycles. The Morgan fingerprint density at radius 2 is 2.21 bits per heavy atom. The Balaban J connectivity index is 2.03. The standard InChI is InChI=1S/C12H18ClN5O/c1-3-8(4-2)9(13)6-14-10-5-11-16-17-12(19)18(11)7-15-10/h5,7-9,14H,3-4,6H2,1-2H3,(H,17,19). The van der Waals surface area contributed by atoms with Crippen molar-refractivity contribution in [1.82, 2.24) is 19.6 Å². The number of H-pyrrole nitrogens is 1. The highest BCUT2D eigenvalue weighted by Crippen LogP contribution is 2.19. The molecule has 0 saturated heterocycles. The van der Waals surface area contributed by atoms with Gasteiger partial charge in [-0.2, -0.15) is 5.10 Å². The zero-order valence-electron chi connectivity index (χ0n) is 11.1. The average molecular weight is 284 g/mol. The Kier molecular flexibility index (Phi) is 4.42. The molecule has 0 fully saturated rings. The third-order valence-corrected chi connectivity index (χ3v) is 3.86. The SMILES string of the molecule is CCC(CC)C(Cl)CNc1cc2n[nH]c(=O)n2cn1. The van der Waals surface area contributed by atoms with Gasteiger partial charge in [-0.15, -0.1) is 11.6 Å². The monoisotopic (exact) mass is 283 g/mol. The van der Waals surface area contributed by atoms with E-state index in [0.717, 1.165) is 12.8 Å². The van der Waals surface area contributed by atoms with Gasteiger partial charge < -0.3 is 5.32 Å². The number of aromatic amines is 1. The third kappa shape index (κ3) is 3.07. The van der Waals surface area contributed by atoms with Crippen LogP contribution in [0.5, 0.6) is 0 Å². The number of hydrogen-bond donors (Lipinski definition) is 2. The van der Waals surface area contributed by atoms with Gasteiger partial charge in [-0.25, -0.2) is 19.3 Å². The van der Waals surface area contributed by atoms with E-state index in [1.807, 2.05) is 0 Å².